The highest BCUT2D eigenvalue weighted by molar-refractivity contribution is 5.97. The number of hydrogen-bond donors (Lipinski definition) is 2. The maximum atomic E-state index is 7.46. The normalized spacial score (nSPS) is 9.89. The van der Waals surface area contributed by atoms with Gasteiger partial charge in [0.2, 0.25) is 0 Å². The number of hydrogen-bond acceptors (Lipinski definition) is 3. The van der Waals surface area contributed by atoms with Crippen molar-refractivity contribution in [3.8, 4) is 11.5 Å². The topological polar surface area (TPSA) is 68.3 Å². The second kappa shape index (κ2) is 6.44. The number of nitrogens with one attached hydrogen (secondary N) is 1. The van der Waals surface area contributed by atoms with Crippen molar-refractivity contribution in [2.24, 2.45) is 5.73 Å². The van der Waals surface area contributed by atoms with Gasteiger partial charge in [-0.2, -0.15) is 0 Å². The predicted molar refractivity (Wildman–Crippen MR) is 74.9 cm³/mol. The molecule has 0 aliphatic carbocycles. The lowest BCUT2D eigenvalue weighted by Gasteiger charge is -2.11. The molecule has 0 heterocycles. The maximum absolute atomic E-state index is 7.46. The Labute approximate surface area is 112 Å². The molecular formula is C15H16N2O2. The minimum atomic E-state index is -0.000391. The molecule has 0 amide bonds. The highest BCUT2D eigenvalue weighted by atomic mass is 16.5. The van der Waals surface area contributed by atoms with E-state index in [1.54, 1.807) is 12.1 Å². The summed E-state index contributed by atoms with van der Waals surface area (Å²) in [5, 5.41) is 7.46. The van der Waals surface area contributed by atoms with Crippen molar-refractivity contribution >= 4 is 5.84 Å². The van der Waals surface area contributed by atoms with Gasteiger partial charge in [0.1, 0.15) is 30.5 Å². The summed E-state index contributed by atoms with van der Waals surface area (Å²) in [5.74, 6) is 1.41. The maximum Gasteiger partial charge on any atom is 0.130 e. The third kappa shape index (κ3) is 3.74. The fourth-order valence-electron chi connectivity index (χ4n) is 1.64. The molecule has 0 aliphatic heterocycles. The first-order valence-electron chi connectivity index (χ1n) is 6.01. The van der Waals surface area contributed by atoms with Gasteiger partial charge in [-0.05, 0) is 24.3 Å². The number of nitrogens with two attached hydrogens (primary N) is 1. The number of benzene rings is 2. The lowest BCUT2D eigenvalue weighted by atomic mass is 10.2. The van der Waals surface area contributed by atoms with E-state index < -0.39 is 0 Å². The zero-order chi connectivity index (χ0) is 13.5. The van der Waals surface area contributed by atoms with Crippen LogP contribution in [-0.2, 0) is 0 Å². The predicted octanol–water partition coefficient (Wildman–Crippen LogP) is 2.43. The van der Waals surface area contributed by atoms with E-state index >= 15 is 0 Å². The summed E-state index contributed by atoms with van der Waals surface area (Å²) >= 11 is 0. The van der Waals surface area contributed by atoms with Gasteiger partial charge >= 0.3 is 0 Å². The van der Waals surface area contributed by atoms with E-state index in [0.29, 0.717) is 24.5 Å². The van der Waals surface area contributed by atoms with Gasteiger partial charge in [-0.3, -0.25) is 5.41 Å². The molecule has 0 spiro atoms. The molecule has 0 aliphatic rings. The smallest absolute Gasteiger partial charge is 0.130 e. The van der Waals surface area contributed by atoms with Crippen LogP contribution >= 0.6 is 0 Å². The molecule has 98 valence electrons. The van der Waals surface area contributed by atoms with Crippen LogP contribution in [0.2, 0.25) is 0 Å². The second-order valence-corrected chi connectivity index (χ2v) is 3.92. The molecule has 2 rings (SSSR count). The van der Waals surface area contributed by atoms with E-state index in [-0.39, 0.29) is 5.84 Å². The molecule has 4 heteroatoms. The van der Waals surface area contributed by atoms with Gasteiger partial charge in [-0.15, -0.1) is 0 Å². The van der Waals surface area contributed by atoms with Crippen molar-refractivity contribution in [1.29, 1.82) is 5.41 Å². The molecule has 2 aromatic rings. The lowest BCUT2D eigenvalue weighted by molar-refractivity contribution is 0.217. The Balaban J connectivity index is 1.85. The minimum absolute atomic E-state index is 0.000391. The van der Waals surface area contributed by atoms with Crippen molar-refractivity contribution in [2.45, 2.75) is 0 Å². The van der Waals surface area contributed by atoms with Crippen LogP contribution in [-0.4, -0.2) is 19.0 Å². The van der Waals surface area contributed by atoms with Crippen LogP contribution in [0, 0.1) is 5.41 Å². The van der Waals surface area contributed by atoms with Crippen molar-refractivity contribution < 1.29 is 9.47 Å². The minimum Gasteiger partial charge on any atom is -0.490 e. The fourth-order valence-corrected chi connectivity index (χ4v) is 1.64. The Bertz CT molecular complexity index is 541. The van der Waals surface area contributed by atoms with Crippen molar-refractivity contribution in [2.75, 3.05) is 13.2 Å². The summed E-state index contributed by atoms with van der Waals surface area (Å²) in [4.78, 5) is 0. The molecule has 0 fully saturated rings. The third-order valence-corrected chi connectivity index (χ3v) is 2.53. The van der Waals surface area contributed by atoms with E-state index in [2.05, 4.69) is 0 Å². The van der Waals surface area contributed by atoms with Crippen LogP contribution in [0.25, 0.3) is 0 Å². The van der Waals surface area contributed by atoms with Gasteiger partial charge in [-0.1, -0.05) is 30.3 Å². The summed E-state index contributed by atoms with van der Waals surface area (Å²) in [6.07, 6.45) is 0. The largest absolute Gasteiger partial charge is 0.490 e. The summed E-state index contributed by atoms with van der Waals surface area (Å²) in [6, 6.07) is 16.8. The van der Waals surface area contributed by atoms with Gasteiger partial charge in [0.25, 0.3) is 0 Å². The molecule has 2 aromatic carbocycles. The number of nitrogen functional groups attached to an aromatic ring is 1. The Morgan fingerprint density at radius 1 is 0.895 bits per heavy atom. The van der Waals surface area contributed by atoms with Gasteiger partial charge in [0, 0.05) is 0 Å². The van der Waals surface area contributed by atoms with Gasteiger partial charge in [0.15, 0.2) is 0 Å². The average molecular weight is 256 g/mol. The van der Waals surface area contributed by atoms with E-state index in [1.165, 1.54) is 0 Å². The molecule has 0 bridgehead atoms. The van der Waals surface area contributed by atoms with Crippen molar-refractivity contribution in [3.63, 3.8) is 0 Å². The second-order valence-electron chi connectivity index (χ2n) is 3.92. The highest BCUT2D eigenvalue weighted by Crippen LogP contribution is 2.17. The Morgan fingerprint density at radius 3 is 2.26 bits per heavy atom. The highest BCUT2D eigenvalue weighted by Gasteiger charge is 2.05. The molecule has 0 unspecified atom stereocenters. The molecule has 4 nitrogen and oxygen atoms in total. The van der Waals surface area contributed by atoms with Gasteiger partial charge < -0.3 is 15.2 Å². The number of rotatable bonds is 6. The van der Waals surface area contributed by atoms with Crippen LogP contribution in [0.15, 0.2) is 54.6 Å². The Kier molecular flexibility index (Phi) is 4.39. The molecule has 19 heavy (non-hydrogen) atoms. The third-order valence-electron chi connectivity index (χ3n) is 2.53. The van der Waals surface area contributed by atoms with Crippen LogP contribution in [0.4, 0.5) is 0 Å². The van der Waals surface area contributed by atoms with Gasteiger partial charge in [-0.25, -0.2) is 0 Å². The first kappa shape index (κ1) is 13.0. The van der Waals surface area contributed by atoms with Crippen molar-refractivity contribution in [3.05, 3.63) is 60.2 Å². The standard InChI is InChI=1S/C15H16N2O2/c16-15(17)13-8-4-5-9-14(13)19-11-10-18-12-6-2-1-3-7-12/h1-9H,10-11H2,(H3,16,17). The monoisotopic (exact) mass is 256 g/mol. The molecule has 0 aromatic heterocycles. The SMILES string of the molecule is N=C(N)c1ccccc1OCCOc1ccccc1. The first-order valence-corrected chi connectivity index (χ1v) is 6.01. The number of amidine groups is 1. The van der Waals surface area contributed by atoms with E-state index in [1.807, 2.05) is 42.5 Å². The van der Waals surface area contributed by atoms with Crippen molar-refractivity contribution in [1.82, 2.24) is 0 Å². The summed E-state index contributed by atoms with van der Waals surface area (Å²) in [6.45, 7) is 0.843. The van der Waals surface area contributed by atoms with Crippen LogP contribution < -0.4 is 15.2 Å². The first-order chi connectivity index (χ1) is 9.27. The average Bonchev–Trinajstić information content (AvgIpc) is 2.45. The summed E-state index contributed by atoms with van der Waals surface area (Å²) in [5.41, 5.74) is 6.08. The van der Waals surface area contributed by atoms with Gasteiger partial charge in [0.05, 0.1) is 5.56 Å². The molecule has 0 saturated carbocycles. The number of para-hydroxylation sites is 2. The van der Waals surface area contributed by atoms with Crippen LogP contribution in [0.1, 0.15) is 5.56 Å². The van der Waals surface area contributed by atoms with Crippen LogP contribution in [0.5, 0.6) is 11.5 Å². The molecule has 0 radical (unpaired) electrons. The molecule has 0 atom stereocenters. The molecular weight excluding hydrogens is 240 g/mol. The summed E-state index contributed by atoms with van der Waals surface area (Å²) < 4.78 is 11.1. The Morgan fingerprint density at radius 2 is 1.53 bits per heavy atom. The number of ether oxygens (including phenoxy) is 2. The van der Waals surface area contributed by atoms with E-state index in [0.717, 1.165) is 5.75 Å². The summed E-state index contributed by atoms with van der Waals surface area (Å²) in [7, 11) is 0. The van der Waals surface area contributed by atoms with E-state index in [4.69, 9.17) is 20.6 Å². The zero-order valence-corrected chi connectivity index (χ0v) is 10.5. The molecule has 3 N–H and O–H groups in total. The Hall–Kier alpha value is -2.49. The zero-order valence-electron chi connectivity index (χ0n) is 10.5. The lowest BCUT2D eigenvalue weighted by Crippen LogP contribution is -2.15. The molecule has 0 saturated heterocycles. The quantitative estimate of drug-likeness (QED) is 0.474. The van der Waals surface area contributed by atoms with Crippen LogP contribution in [0.3, 0.4) is 0 Å². The fraction of sp³-hybridized carbons (Fsp3) is 0.133. The van der Waals surface area contributed by atoms with E-state index in [9.17, 15) is 0 Å².